The molecule has 96 valence electrons. The summed E-state index contributed by atoms with van der Waals surface area (Å²) in [6.07, 6.45) is 2.59. The van der Waals surface area contributed by atoms with Crippen LogP contribution in [0.1, 0.15) is 38.6 Å². The molecule has 0 fully saturated rings. The summed E-state index contributed by atoms with van der Waals surface area (Å²) in [4.78, 5) is 4.68. The summed E-state index contributed by atoms with van der Waals surface area (Å²) in [6, 6.07) is 8.32. The van der Waals surface area contributed by atoms with Gasteiger partial charge in [0.25, 0.3) is 0 Å². The van der Waals surface area contributed by atoms with Gasteiger partial charge in [-0.15, -0.1) is 0 Å². The van der Waals surface area contributed by atoms with Crippen molar-refractivity contribution in [1.82, 2.24) is 9.55 Å². The number of imidazole rings is 1. The van der Waals surface area contributed by atoms with E-state index in [1.165, 1.54) is 0 Å². The minimum absolute atomic E-state index is 0.177. The molecule has 0 saturated carbocycles. The number of nitrogens with zero attached hydrogens (tertiary/aromatic N) is 2. The first kappa shape index (κ1) is 12.6. The summed E-state index contributed by atoms with van der Waals surface area (Å²) >= 11 is 0. The number of amidine groups is 1. The smallest absolute Gasteiger partial charge is 0.110 e. The van der Waals surface area contributed by atoms with Crippen molar-refractivity contribution in [1.29, 1.82) is 5.41 Å². The molecule has 1 unspecified atom stereocenters. The number of hydrogen-bond acceptors (Lipinski definition) is 2. The van der Waals surface area contributed by atoms with Crippen LogP contribution in [0.2, 0.25) is 0 Å². The third-order valence-corrected chi connectivity index (χ3v) is 3.10. The standard InChI is InChI=1S/C14H20N4/c1-3-6-14-17-11-7-4-5-8-12(11)18(14)10(2)9-13(15)16/h4-5,7-8,10H,3,6,9H2,1-2H3,(H3,15,16). The van der Waals surface area contributed by atoms with E-state index >= 15 is 0 Å². The molecule has 18 heavy (non-hydrogen) atoms. The Labute approximate surface area is 107 Å². The molecule has 0 radical (unpaired) electrons. The lowest BCUT2D eigenvalue weighted by molar-refractivity contribution is 0.550. The van der Waals surface area contributed by atoms with Crippen LogP contribution in [0.3, 0.4) is 0 Å². The predicted molar refractivity (Wildman–Crippen MR) is 75.0 cm³/mol. The van der Waals surface area contributed by atoms with Crippen molar-refractivity contribution >= 4 is 16.9 Å². The largest absolute Gasteiger partial charge is 0.388 e. The van der Waals surface area contributed by atoms with Crippen molar-refractivity contribution in [3.63, 3.8) is 0 Å². The first-order valence-electron chi connectivity index (χ1n) is 6.42. The highest BCUT2D eigenvalue weighted by Crippen LogP contribution is 2.23. The molecule has 0 saturated heterocycles. The normalized spacial score (nSPS) is 12.8. The Balaban J connectivity index is 2.50. The number of aryl methyl sites for hydroxylation is 1. The number of nitrogens with two attached hydrogens (primary N) is 1. The zero-order chi connectivity index (χ0) is 13.1. The monoisotopic (exact) mass is 244 g/mol. The highest BCUT2D eigenvalue weighted by molar-refractivity contribution is 5.79. The van der Waals surface area contributed by atoms with Crippen LogP contribution in [0.4, 0.5) is 0 Å². The van der Waals surface area contributed by atoms with Crippen LogP contribution in [0.5, 0.6) is 0 Å². The van der Waals surface area contributed by atoms with Gasteiger partial charge in [-0.25, -0.2) is 4.98 Å². The van der Waals surface area contributed by atoms with Crippen LogP contribution in [-0.4, -0.2) is 15.4 Å². The van der Waals surface area contributed by atoms with Gasteiger partial charge >= 0.3 is 0 Å². The highest BCUT2D eigenvalue weighted by atomic mass is 15.1. The van der Waals surface area contributed by atoms with Crippen molar-refractivity contribution in [2.24, 2.45) is 5.73 Å². The second-order valence-electron chi connectivity index (χ2n) is 4.72. The molecule has 0 amide bonds. The zero-order valence-corrected chi connectivity index (χ0v) is 11.0. The molecule has 1 aromatic carbocycles. The van der Waals surface area contributed by atoms with Gasteiger partial charge in [0, 0.05) is 18.9 Å². The zero-order valence-electron chi connectivity index (χ0n) is 11.0. The molecular formula is C14H20N4. The maximum atomic E-state index is 7.45. The van der Waals surface area contributed by atoms with Crippen LogP contribution in [0.25, 0.3) is 11.0 Å². The van der Waals surface area contributed by atoms with Crippen LogP contribution < -0.4 is 5.73 Å². The van der Waals surface area contributed by atoms with E-state index in [-0.39, 0.29) is 11.9 Å². The van der Waals surface area contributed by atoms with Gasteiger partial charge in [0.1, 0.15) is 5.82 Å². The van der Waals surface area contributed by atoms with Gasteiger partial charge in [0.15, 0.2) is 0 Å². The Morgan fingerprint density at radius 1 is 1.44 bits per heavy atom. The Hall–Kier alpha value is -1.84. The fraction of sp³-hybridized carbons (Fsp3) is 0.429. The number of fused-ring (bicyclic) bond motifs is 1. The van der Waals surface area contributed by atoms with Crippen molar-refractivity contribution in [2.75, 3.05) is 0 Å². The third kappa shape index (κ3) is 2.37. The lowest BCUT2D eigenvalue weighted by Crippen LogP contribution is -2.18. The number of rotatable bonds is 5. The van der Waals surface area contributed by atoms with E-state index in [0.29, 0.717) is 6.42 Å². The summed E-state index contributed by atoms with van der Waals surface area (Å²) in [6.45, 7) is 4.24. The number of aromatic nitrogens is 2. The Kier molecular flexibility index (Phi) is 3.65. The van der Waals surface area contributed by atoms with Crippen molar-refractivity contribution < 1.29 is 0 Å². The topological polar surface area (TPSA) is 67.7 Å². The number of benzene rings is 1. The summed E-state index contributed by atoms with van der Waals surface area (Å²) in [5, 5.41) is 7.45. The predicted octanol–water partition coefficient (Wildman–Crippen LogP) is 2.88. The fourth-order valence-electron chi connectivity index (χ4n) is 2.40. The number of nitrogens with one attached hydrogen (secondary N) is 1. The molecule has 4 nitrogen and oxygen atoms in total. The lowest BCUT2D eigenvalue weighted by atomic mass is 10.2. The quantitative estimate of drug-likeness (QED) is 0.627. The second kappa shape index (κ2) is 5.21. The average molecular weight is 244 g/mol. The summed E-state index contributed by atoms with van der Waals surface area (Å²) in [7, 11) is 0. The number of hydrogen-bond donors (Lipinski definition) is 2. The summed E-state index contributed by atoms with van der Waals surface area (Å²) < 4.78 is 2.22. The molecule has 0 bridgehead atoms. The van der Waals surface area contributed by atoms with E-state index in [4.69, 9.17) is 11.1 Å². The second-order valence-corrected chi connectivity index (χ2v) is 4.72. The van der Waals surface area contributed by atoms with Crippen molar-refractivity contribution in [3.8, 4) is 0 Å². The first-order chi connectivity index (χ1) is 8.63. The SMILES string of the molecule is CCCc1nc2ccccc2n1C(C)CC(=N)N. The average Bonchev–Trinajstić information content (AvgIpc) is 2.66. The third-order valence-electron chi connectivity index (χ3n) is 3.10. The van der Waals surface area contributed by atoms with E-state index in [1.54, 1.807) is 0 Å². The minimum atomic E-state index is 0.177. The Bertz CT molecular complexity index is 556. The van der Waals surface area contributed by atoms with Gasteiger partial charge in [0.05, 0.1) is 16.9 Å². The Morgan fingerprint density at radius 3 is 2.83 bits per heavy atom. The molecular weight excluding hydrogens is 224 g/mol. The molecule has 1 atom stereocenters. The Morgan fingerprint density at radius 2 is 2.17 bits per heavy atom. The van der Waals surface area contributed by atoms with E-state index in [2.05, 4.69) is 29.5 Å². The van der Waals surface area contributed by atoms with E-state index in [9.17, 15) is 0 Å². The molecule has 1 aromatic heterocycles. The van der Waals surface area contributed by atoms with Gasteiger partial charge in [-0.1, -0.05) is 19.1 Å². The summed E-state index contributed by atoms with van der Waals surface area (Å²) in [5.41, 5.74) is 7.68. The molecule has 2 rings (SSSR count). The van der Waals surface area contributed by atoms with Crippen LogP contribution in [0.15, 0.2) is 24.3 Å². The summed E-state index contributed by atoms with van der Waals surface area (Å²) in [5.74, 6) is 1.31. The molecule has 0 aliphatic heterocycles. The molecule has 0 aliphatic rings. The number of para-hydroxylation sites is 2. The molecule has 1 heterocycles. The maximum Gasteiger partial charge on any atom is 0.110 e. The lowest BCUT2D eigenvalue weighted by Gasteiger charge is -2.16. The molecule has 0 aliphatic carbocycles. The minimum Gasteiger partial charge on any atom is -0.388 e. The van der Waals surface area contributed by atoms with E-state index in [1.807, 2.05) is 18.2 Å². The molecule has 2 aromatic rings. The van der Waals surface area contributed by atoms with Crippen molar-refractivity contribution in [2.45, 2.75) is 39.2 Å². The van der Waals surface area contributed by atoms with Crippen LogP contribution >= 0.6 is 0 Å². The van der Waals surface area contributed by atoms with Crippen molar-refractivity contribution in [3.05, 3.63) is 30.1 Å². The molecule has 4 heteroatoms. The molecule has 3 N–H and O–H groups in total. The first-order valence-corrected chi connectivity index (χ1v) is 6.42. The van der Waals surface area contributed by atoms with Crippen LogP contribution in [-0.2, 0) is 6.42 Å². The van der Waals surface area contributed by atoms with Crippen LogP contribution in [0, 0.1) is 5.41 Å². The highest BCUT2D eigenvalue weighted by Gasteiger charge is 2.15. The van der Waals surface area contributed by atoms with Gasteiger partial charge in [0.2, 0.25) is 0 Å². The van der Waals surface area contributed by atoms with Gasteiger partial charge < -0.3 is 10.3 Å². The van der Waals surface area contributed by atoms with Gasteiger partial charge in [-0.2, -0.15) is 0 Å². The van der Waals surface area contributed by atoms with E-state index in [0.717, 1.165) is 29.7 Å². The maximum absolute atomic E-state index is 7.45. The fourth-order valence-corrected chi connectivity index (χ4v) is 2.40. The van der Waals surface area contributed by atoms with E-state index < -0.39 is 0 Å². The molecule has 0 spiro atoms. The van der Waals surface area contributed by atoms with Gasteiger partial charge in [-0.3, -0.25) is 5.41 Å². The van der Waals surface area contributed by atoms with Gasteiger partial charge in [-0.05, 0) is 25.5 Å².